The summed E-state index contributed by atoms with van der Waals surface area (Å²) in [6.07, 6.45) is 0.128. The molecule has 0 saturated heterocycles. The van der Waals surface area contributed by atoms with Gasteiger partial charge in [0.25, 0.3) is 0 Å². The summed E-state index contributed by atoms with van der Waals surface area (Å²) >= 11 is 0. The summed E-state index contributed by atoms with van der Waals surface area (Å²) in [6, 6.07) is 16.7. The Morgan fingerprint density at radius 1 is 0.939 bits per heavy atom. The molecule has 1 unspecified atom stereocenters. The van der Waals surface area contributed by atoms with E-state index >= 15 is 0 Å². The van der Waals surface area contributed by atoms with Gasteiger partial charge in [-0.3, -0.25) is 0 Å². The van der Waals surface area contributed by atoms with Crippen LogP contribution in [0.3, 0.4) is 0 Å². The van der Waals surface area contributed by atoms with Crippen LogP contribution in [0, 0.1) is 0 Å². The van der Waals surface area contributed by atoms with Crippen LogP contribution in [0.25, 0.3) is 0 Å². The van der Waals surface area contributed by atoms with Crippen molar-refractivity contribution in [3.8, 4) is 11.5 Å². The summed E-state index contributed by atoms with van der Waals surface area (Å²) in [5.41, 5.74) is 0.852. The summed E-state index contributed by atoms with van der Waals surface area (Å²) in [4.78, 5) is 25.3. The van der Waals surface area contributed by atoms with Crippen molar-refractivity contribution >= 4 is 12.0 Å². The minimum absolute atomic E-state index is 0.133. The van der Waals surface area contributed by atoms with E-state index in [9.17, 15) is 14.7 Å². The Kier molecular flexibility index (Phi) is 11.6. The zero-order valence-electron chi connectivity index (χ0n) is 19.4. The van der Waals surface area contributed by atoms with Gasteiger partial charge in [-0.1, -0.05) is 30.3 Å². The minimum Gasteiger partial charge on any atom is -0.494 e. The molecule has 0 radical (unpaired) electrons. The second-order valence-corrected chi connectivity index (χ2v) is 7.32. The number of amides is 2. The number of carboxylic acids is 1. The van der Waals surface area contributed by atoms with E-state index < -0.39 is 12.1 Å². The number of para-hydroxylation sites is 1. The molecule has 0 spiro atoms. The molecule has 2 aromatic carbocycles. The molecule has 0 saturated carbocycles. The molecule has 0 bridgehead atoms. The number of nitrogens with zero attached hydrogens (tertiary/aromatic N) is 1. The quantitative estimate of drug-likeness (QED) is 0.396. The Hall–Kier alpha value is -3.26. The number of benzene rings is 2. The number of carboxylic acid groups (broad SMARTS) is 1. The van der Waals surface area contributed by atoms with Crippen molar-refractivity contribution in [3.63, 3.8) is 0 Å². The second kappa shape index (κ2) is 14.7. The number of hydrogen-bond donors (Lipinski definition) is 2. The SMILES string of the molecule is CCNC(=O)N(CCCOc1ccccc1)CCOc1ccc(CC(OCC)C(=O)O)cc1. The molecule has 8 heteroatoms. The van der Waals surface area contributed by atoms with Crippen molar-refractivity contribution in [2.45, 2.75) is 32.8 Å². The van der Waals surface area contributed by atoms with E-state index in [4.69, 9.17) is 14.2 Å². The van der Waals surface area contributed by atoms with Gasteiger partial charge < -0.3 is 29.5 Å². The lowest BCUT2D eigenvalue weighted by molar-refractivity contribution is -0.149. The molecular weight excluding hydrogens is 424 g/mol. The van der Waals surface area contributed by atoms with Gasteiger partial charge in [-0.25, -0.2) is 9.59 Å². The Morgan fingerprint density at radius 2 is 1.61 bits per heavy atom. The van der Waals surface area contributed by atoms with Crippen LogP contribution >= 0.6 is 0 Å². The van der Waals surface area contributed by atoms with Crippen LogP contribution in [0.15, 0.2) is 54.6 Å². The molecule has 2 rings (SSSR count). The third-order valence-corrected chi connectivity index (χ3v) is 4.82. The maximum atomic E-state index is 12.4. The van der Waals surface area contributed by atoms with Crippen molar-refractivity contribution in [2.24, 2.45) is 0 Å². The molecule has 180 valence electrons. The minimum atomic E-state index is -0.975. The molecule has 2 N–H and O–H groups in total. The fourth-order valence-electron chi connectivity index (χ4n) is 3.17. The Labute approximate surface area is 195 Å². The average Bonchev–Trinajstić information content (AvgIpc) is 2.82. The molecule has 2 amide bonds. The number of nitrogens with one attached hydrogen (secondary N) is 1. The lowest BCUT2D eigenvalue weighted by atomic mass is 10.1. The lowest BCUT2D eigenvalue weighted by Crippen LogP contribution is -2.42. The highest BCUT2D eigenvalue weighted by Gasteiger charge is 2.18. The van der Waals surface area contributed by atoms with Gasteiger partial charge in [0.1, 0.15) is 18.1 Å². The van der Waals surface area contributed by atoms with Crippen LogP contribution in [-0.2, 0) is 16.0 Å². The van der Waals surface area contributed by atoms with Crippen LogP contribution in [-0.4, -0.2) is 67.6 Å². The van der Waals surface area contributed by atoms with Gasteiger partial charge in [0, 0.05) is 26.1 Å². The molecule has 0 aliphatic heterocycles. The zero-order chi connectivity index (χ0) is 23.9. The van der Waals surface area contributed by atoms with Crippen LogP contribution in [0.2, 0.25) is 0 Å². The van der Waals surface area contributed by atoms with Crippen LogP contribution < -0.4 is 14.8 Å². The van der Waals surface area contributed by atoms with Crippen molar-refractivity contribution < 1.29 is 28.9 Å². The summed E-state index contributed by atoms with van der Waals surface area (Å²) in [5.74, 6) is 0.492. The number of carbonyl (C=O) groups is 2. The topological polar surface area (TPSA) is 97.3 Å². The molecule has 0 aliphatic rings. The maximum absolute atomic E-state index is 12.4. The molecule has 8 nitrogen and oxygen atoms in total. The number of carbonyl (C=O) groups excluding carboxylic acids is 1. The number of urea groups is 1. The van der Waals surface area contributed by atoms with Gasteiger partial charge in [0.05, 0.1) is 13.2 Å². The van der Waals surface area contributed by atoms with E-state index in [0.717, 1.165) is 11.3 Å². The number of ether oxygens (including phenoxy) is 3. The molecule has 2 aromatic rings. The lowest BCUT2D eigenvalue weighted by Gasteiger charge is -2.23. The third kappa shape index (κ3) is 9.82. The summed E-state index contributed by atoms with van der Waals surface area (Å²) < 4.78 is 16.8. The number of hydrogen-bond acceptors (Lipinski definition) is 5. The standard InChI is InChI=1S/C25H34N2O6/c1-3-26-25(30)27(15-8-17-32-21-9-6-5-7-10-21)16-18-33-22-13-11-20(12-14-22)19-23(24(28)29)31-4-2/h5-7,9-14,23H,3-4,8,15-19H2,1-2H3,(H,26,30)(H,28,29). The highest BCUT2D eigenvalue weighted by atomic mass is 16.5. The smallest absolute Gasteiger partial charge is 0.333 e. The first kappa shape index (κ1) is 26.0. The van der Waals surface area contributed by atoms with Crippen molar-refractivity contribution in [3.05, 3.63) is 60.2 Å². The molecular formula is C25H34N2O6. The first-order valence-corrected chi connectivity index (χ1v) is 11.3. The fourth-order valence-corrected chi connectivity index (χ4v) is 3.17. The molecule has 0 heterocycles. The first-order valence-electron chi connectivity index (χ1n) is 11.3. The maximum Gasteiger partial charge on any atom is 0.333 e. The highest BCUT2D eigenvalue weighted by Crippen LogP contribution is 2.15. The largest absolute Gasteiger partial charge is 0.494 e. The molecule has 0 aliphatic carbocycles. The summed E-state index contributed by atoms with van der Waals surface area (Å²) in [7, 11) is 0. The summed E-state index contributed by atoms with van der Waals surface area (Å²) in [6.45, 7) is 6.39. The second-order valence-electron chi connectivity index (χ2n) is 7.32. The van der Waals surface area contributed by atoms with E-state index in [1.165, 1.54) is 0 Å². The van der Waals surface area contributed by atoms with Gasteiger partial charge in [0.2, 0.25) is 0 Å². The van der Waals surface area contributed by atoms with E-state index in [1.807, 2.05) is 49.4 Å². The van der Waals surface area contributed by atoms with Gasteiger partial charge in [-0.2, -0.15) is 0 Å². The van der Waals surface area contributed by atoms with E-state index in [-0.39, 0.29) is 6.03 Å². The van der Waals surface area contributed by atoms with E-state index in [1.54, 1.807) is 24.0 Å². The van der Waals surface area contributed by atoms with Crippen LogP contribution in [0.4, 0.5) is 4.79 Å². The van der Waals surface area contributed by atoms with Crippen molar-refractivity contribution in [1.82, 2.24) is 10.2 Å². The van der Waals surface area contributed by atoms with Gasteiger partial charge >= 0.3 is 12.0 Å². The van der Waals surface area contributed by atoms with E-state index in [2.05, 4.69) is 5.32 Å². The zero-order valence-corrected chi connectivity index (χ0v) is 19.4. The Balaban J connectivity index is 1.79. The molecule has 33 heavy (non-hydrogen) atoms. The van der Waals surface area contributed by atoms with Crippen LogP contribution in [0.5, 0.6) is 11.5 Å². The van der Waals surface area contributed by atoms with Gasteiger partial charge in [-0.15, -0.1) is 0 Å². The number of rotatable bonds is 15. The van der Waals surface area contributed by atoms with Crippen molar-refractivity contribution in [2.75, 3.05) is 39.5 Å². The molecule has 0 fully saturated rings. The molecule has 0 aromatic heterocycles. The predicted molar refractivity (Wildman–Crippen MR) is 126 cm³/mol. The summed E-state index contributed by atoms with van der Waals surface area (Å²) in [5, 5.41) is 12.0. The van der Waals surface area contributed by atoms with E-state index in [0.29, 0.717) is 58.0 Å². The highest BCUT2D eigenvalue weighted by molar-refractivity contribution is 5.74. The normalized spacial score (nSPS) is 11.5. The monoisotopic (exact) mass is 458 g/mol. The average molecular weight is 459 g/mol. The van der Waals surface area contributed by atoms with Gasteiger partial charge in [-0.05, 0) is 50.1 Å². The first-order chi connectivity index (χ1) is 16.0. The Morgan fingerprint density at radius 3 is 2.24 bits per heavy atom. The fraction of sp³-hybridized carbons (Fsp3) is 0.440. The Bertz CT molecular complexity index is 829. The van der Waals surface area contributed by atoms with Crippen molar-refractivity contribution in [1.29, 1.82) is 0 Å². The van der Waals surface area contributed by atoms with Crippen LogP contribution in [0.1, 0.15) is 25.8 Å². The van der Waals surface area contributed by atoms with Gasteiger partial charge in [0.15, 0.2) is 6.10 Å². The number of aliphatic carboxylic acids is 1. The predicted octanol–water partition coefficient (Wildman–Crippen LogP) is 3.60. The molecule has 1 atom stereocenters. The third-order valence-electron chi connectivity index (χ3n) is 4.82.